The molecule has 0 aliphatic carbocycles. The molecular formula is C16H22BrNO2. The summed E-state index contributed by atoms with van der Waals surface area (Å²) in [4.78, 5) is 13.7. The zero-order valence-electron chi connectivity index (χ0n) is 11.9. The van der Waals surface area contributed by atoms with Gasteiger partial charge in [-0.25, -0.2) is 4.79 Å². The minimum absolute atomic E-state index is 0.397. The number of benzene rings is 1. The average molecular weight is 340 g/mol. The summed E-state index contributed by atoms with van der Waals surface area (Å²) in [5.41, 5.74) is 1.26. The number of carboxylic acids is 1. The Morgan fingerprint density at radius 3 is 2.90 bits per heavy atom. The van der Waals surface area contributed by atoms with E-state index in [0.717, 1.165) is 35.6 Å². The van der Waals surface area contributed by atoms with E-state index in [1.54, 1.807) is 6.07 Å². The van der Waals surface area contributed by atoms with Gasteiger partial charge in [-0.3, -0.25) is 0 Å². The molecule has 1 saturated heterocycles. The molecule has 2 rings (SSSR count). The molecule has 20 heavy (non-hydrogen) atoms. The highest BCUT2D eigenvalue weighted by atomic mass is 79.9. The fourth-order valence-corrected chi connectivity index (χ4v) is 3.42. The smallest absolute Gasteiger partial charge is 0.337 e. The number of carbonyl (C=O) groups is 1. The molecule has 4 heteroatoms. The lowest BCUT2D eigenvalue weighted by Crippen LogP contribution is -2.26. The average Bonchev–Trinajstić information content (AvgIpc) is 2.65. The van der Waals surface area contributed by atoms with Crippen LogP contribution in [0.2, 0.25) is 0 Å². The third kappa shape index (κ3) is 3.75. The van der Waals surface area contributed by atoms with E-state index < -0.39 is 5.97 Å². The molecule has 0 aromatic heterocycles. The van der Waals surface area contributed by atoms with Crippen molar-refractivity contribution in [2.45, 2.75) is 39.0 Å². The first-order chi connectivity index (χ1) is 9.61. The molecule has 1 N–H and O–H groups in total. The third-order valence-electron chi connectivity index (χ3n) is 4.07. The Hall–Kier alpha value is -1.03. The molecule has 110 valence electrons. The Labute approximate surface area is 129 Å². The Morgan fingerprint density at radius 2 is 2.20 bits per heavy atom. The number of nitrogens with zero attached hydrogens (tertiary/aromatic N) is 1. The number of hydrogen-bond acceptors (Lipinski definition) is 2. The van der Waals surface area contributed by atoms with Gasteiger partial charge in [-0.15, -0.1) is 0 Å². The summed E-state index contributed by atoms with van der Waals surface area (Å²) in [5.74, 6) is -0.0515. The highest BCUT2D eigenvalue weighted by Gasteiger charge is 2.20. The van der Waals surface area contributed by atoms with Gasteiger partial charge in [0.15, 0.2) is 0 Å². The zero-order valence-corrected chi connectivity index (χ0v) is 13.5. The quantitative estimate of drug-likeness (QED) is 0.874. The summed E-state index contributed by atoms with van der Waals surface area (Å²) in [6, 6.07) is 5.55. The number of hydrogen-bond donors (Lipinski definition) is 1. The van der Waals surface area contributed by atoms with Crippen LogP contribution in [-0.2, 0) is 0 Å². The maximum absolute atomic E-state index is 11.4. The van der Waals surface area contributed by atoms with Crippen LogP contribution in [0, 0.1) is 5.92 Å². The number of anilines is 1. The molecule has 1 aromatic carbocycles. The fourth-order valence-electron chi connectivity index (χ4n) is 3.06. The molecule has 0 spiro atoms. The SMILES string of the molecule is CCCC1CCCN(c2ccc(Br)cc2C(=O)O)CC1. The van der Waals surface area contributed by atoms with Gasteiger partial charge >= 0.3 is 5.97 Å². The van der Waals surface area contributed by atoms with Gasteiger partial charge < -0.3 is 10.0 Å². The van der Waals surface area contributed by atoms with Crippen molar-refractivity contribution in [3.05, 3.63) is 28.2 Å². The largest absolute Gasteiger partial charge is 0.478 e. The minimum Gasteiger partial charge on any atom is -0.478 e. The highest BCUT2D eigenvalue weighted by Crippen LogP contribution is 2.29. The molecule has 1 unspecified atom stereocenters. The molecule has 1 aromatic rings. The van der Waals surface area contributed by atoms with Gasteiger partial charge in [0.25, 0.3) is 0 Å². The van der Waals surface area contributed by atoms with Gasteiger partial charge in [-0.2, -0.15) is 0 Å². The van der Waals surface area contributed by atoms with Gasteiger partial charge in [-0.05, 0) is 43.4 Å². The number of rotatable bonds is 4. The summed E-state index contributed by atoms with van der Waals surface area (Å²) in [7, 11) is 0. The monoisotopic (exact) mass is 339 g/mol. The first-order valence-electron chi connectivity index (χ1n) is 7.39. The van der Waals surface area contributed by atoms with Crippen molar-refractivity contribution in [3.8, 4) is 0 Å². The van der Waals surface area contributed by atoms with E-state index in [2.05, 4.69) is 27.8 Å². The van der Waals surface area contributed by atoms with Crippen LogP contribution in [0.25, 0.3) is 0 Å². The molecule has 1 fully saturated rings. The molecule has 1 aliphatic heterocycles. The van der Waals surface area contributed by atoms with Crippen LogP contribution in [0.5, 0.6) is 0 Å². The fraction of sp³-hybridized carbons (Fsp3) is 0.562. The Morgan fingerprint density at radius 1 is 1.40 bits per heavy atom. The standard InChI is InChI=1S/C16H22BrNO2/c1-2-4-12-5-3-9-18(10-8-12)15-7-6-13(17)11-14(15)16(19)20/h6-7,11-12H,2-5,8-10H2,1H3,(H,19,20). The van der Waals surface area contributed by atoms with Crippen LogP contribution in [0.4, 0.5) is 5.69 Å². The van der Waals surface area contributed by atoms with E-state index in [4.69, 9.17) is 0 Å². The summed E-state index contributed by atoms with van der Waals surface area (Å²) in [6.07, 6.45) is 6.12. The maximum Gasteiger partial charge on any atom is 0.337 e. The van der Waals surface area contributed by atoms with Crippen molar-refractivity contribution in [1.82, 2.24) is 0 Å². The second-order valence-corrected chi connectivity index (χ2v) is 6.45. The van der Waals surface area contributed by atoms with Crippen LogP contribution in [0.15, 0.2) is 22.7 Å². The maximum atomic E-state index is 11.4. The number of halogens is 1. The molecule has 1 heterocycles. The van der Waals surface area contributed by atoms with Crippen molar-refractivity contribution in [3.63, 3.8) is 0 Å². The predicted octanol–water partition coefficient (Wildman–Crippen LogP) is 4.55. The molecule has 0 amide bonds. The Kier molecular flexibility index (Phi) is 5.46. The first kappa shape index (κ1) is 15.4. The lowest BCUT2D eigenvalue weighted by atomic mass is 9.96. The van der Waals surface area contributed by atoms with E-state index in [0.29, 0.717) is 5.56 Å². The second-order valence-electron chi connectivity index (χ2n) is 5.54. The van der Waals surface area contributed by atoms with E-state index in [9.17, 15) is 9.90 Å². The minimum atomic E-state index is -0.851. The molecule has 1 aliphatic rings. The Balaban J connectivity index is 2.17. The van der Waals surface area contributed by atoms with Gasteiger partial charge in [0.1, 0.15) is 0 Å². The van der Waals surface area contributed by atoms with E-state index >= 15 is 0 Å². The van der Waals surface area contributed by atoms with Crippen LogP contribution in [-0.4, -0.2) is 24.2 Å². The molecular weight excluding hydrogens is 318 g/mol. The zero-order chi connectivity index (χ0) is 14.5. The molecule has 1 atom stereocenters. The predicted molar refractivity (Wildman–Crippen MR) is 85.6 cm³/mol. The molecule has 0 radical (unpaired) electrons. The van der Waals surface area contributed by atoms with Gasteiger partial charge in [0.05, 0.1) is 11.3 Å². The van der Waals surface area contributed by atoms with Crippen LogP contribution in [0.1, 0.15) is 49.4 Å². The summed E-state index contributed by atoms with van der Waals surface area (Å²) in [5, 5.41) is 9.38. The topological polar surface area (TPSA) is 40.5 Å². The number of carboxylic acid groups (broad SMARTS) is 1. The number of aromatic carboxylic acids is 1. The highest BCUT2D eigenvalue weighted by molar-refractivity contribution is 9.10. The van der Waals surface area contributed by atoms with E-state index in [1.165, 1.54) is 25.7 Å². The van der Waals surface area contributed by atoms with Crippen molar-refractivity contribution in [1.29, 1.82) is 0 Å². The lowest BCUT2D eigenvalue weighted by molar-refractivity contribution is 0.0697. The summed E-state index contributed by atoms with van der Waals surface area (Å²) < 4.78 is 0.817. The van der Waals surface area contributed by atoms with Crippen molar-refractivity contribution < 1.29 is 9.90 Å². The lowest BCUT2D eigenvalue weighted by Gasteiger charge is -2.24. The van der Waals surface area contributed by atoms with Crippen LogP contribution >= 0.6 is 15.9 Å². The Bertz CT molecular complexity index is 476. The summed E-state index contributed by atoms with van der Waals surface area (Å²) >= 11 is 3.35. The van der Waals surface area contributed by atoms with Gasteiger partial charge in [-0.1, -0.05) is 35.7 Å². The third-order valence-corrected chi connectivity index (χ3v) is 4.57. The van der Waals surface area contributed by atoms with Crippen molar-refractivity contribution in [2.24, 2.45) is 5.92 Å². The molecule has 0 saturated carbocycles. The summed E-state index contributed by atoms with van der Waals surface area (Å²) in [6.45, 7) is 4.16. The van der Waals surface area contributed by atoms with E-state index in [-0.39, 0.29) is 0 Å². The van der Waals surface area contributed by atoms with E-state index in [1.807, 2.05) is 12.1 Å². The van der Waals surface area contributed by atoms with Crippen LogP contribution in [0.3, 0.4) is 0 Å². The normalized spacial score (nSPS) is 19.7. The van der Waals surface area contributed by atoms with Crippen LogP contribution < -0.4 is 4.90 Å². The first-order valence-corrected chi connectivity index (χ1v) is 8.19. The molecule has 3 nitrogen and oxygen atoms in total. The second kappa shape index (κ2) is 7.11. The van der Waals surface area contributed by atoms with Crippen molar-refractivity contribution in [2.75, 3.05) is 18.0 Å². The van der Waals surface area contributed by atoms with Crippen molar-refractivity contribution >= 4 is 27.6 Å². The molecule has 0 bridgehead atoms. The van der Waals surface area contributed by atoms with Gasteiger partial charge in [0, 0.05) is 17.6 Å². The van der Waals surface area contributed by atoms with Gasteiger partial charge in [0.2, 0.25) is 0 Å².